The number of rotatable bonds is 5. The van der Waals surface area contributed by atoms with Crippen LogP contribution >= 0.6 is 0 Å². The summed E-state index contributed by atoms with van der Waals surface area (Å²) in [4.78, 5) is -0.808. The van der Waals surface area contributed by atoms with Crippen LogP contribution in [0.1, 0.15) is 0 Å². The fourth-order valence-electron chi connectivity index (χ4n) is 0.920. The van der Waals surface area contributed by atoms with Crippen molar-refractivity contribution in [3.05, 3.63) is 11.1 Å². The van der Waals surface area contributed by atoms with E-state index in [9.17, 15) is 8.42 Å². The molecule has 0 unspecified atom stereocenters. The SMILES string of the molecule is NC=C(C(CO)(CO)CO)S(=O)(=O)O. The molecule has 0 aromatic heterocycles. The quantitative estimate of drug-likeness (QED) is 0.331. The molecule has 84 valence electrons. The third-order valence-electron chi connectivity index (χ3n) is 1.86. The summed E-state index contributed by atoms with van der Waals surface area (Å²) in [5, 5.41) is 26.5. The van der Waals surface area contributed by atoms with Crippen molar-refractivity contribution in [2.45, 2.75) is 0 Å². The van der Waals surface area contributed by atoms with Crippen molar-refractivity contribution < 1.29 is 28.3 Å². The number of hydrogen-bond donors (Lipinski definition) is 5. The molecule has 0 heterocycles. The molecule has 0 aliphatic carbocycles. The highest BCUT2D eigenvalue weighted by Gasteiger charge is 2.39. The molecule has 0 bridgehead atoms. The first kappa shape index (κ1) is 13.3. The fraction of sp³-hybridized carbons (Fsp3) is 0.667. The van der Waals surface area contributed by atoms with Gasteiger partial charge in [0.05, 0.1) is 30.1 Å². The van der Waals surface area contributed by atoms with Crippen LogP contribution < -0.4 is 5.73 Å². The van der Waals surface area contributed by atoms with Crippen LogP contribution in [-0.4, -0.2) is 48.1 Å². The monoisotopic (exact) mass is 227 g/mol. The fourth-order valence-corrected chi connectivity index (χ4v) is 1.83. The molecule has 0 aliphatic rings. The minimum atomic E-state index is -4.65. The average Bonchev–Trinajstić information content (AvgIpc) is 2.12. The summed E-state index contributed by atoms with van der Waals surface area (Å²) in [6.07, 6.45) is 0.526. The van der Waals surface area contributed by atoms with Crippen molar-refractivity contribution >= 4 is 10.1 Å². The number of nitrogens with two attached hydrogens (primary N) is 1. The van der Waals surface area contributed by atoms with Gasteiger partial charge in [0.2, 0.25) is 0 Å². The Kier molecular flexibility index (Phi) is 4.49. The van der Waals surface area contributed by atoms with Crippen LogP contribution in [0.3, 0.4) is 0 Å². The van der Waals surface area contributed by atoms with E-state index >= 15 is 0 Å². The molecule has 8 heteroatoms. The van der Waals surface area contributed by atoms with Gasteiger partial charge in [0, 0.05) is 6.20 Å². The van der Waals surface area contributed by atoms with Gasteiger partial charge in [-0.05, 0) is 0 Å². The van der Waals surface area contributed by atoms with Crippen molar-refractivity contribution in [3.63, 3.8) is 0 Å². The van der Waals surface area contributed by atoms with E-state index < -0.39 is 40.3 Å². The normalized spacial score (nSPS) is 14.4. The molecule has 0 rings (SSSR count). The lowest BCUT2D eigenvalue weighted by Gasteiger charge is -2.27. The lowest BCUT2D eigenvalue weighted by molar-refractivity contribution is 0.0374. The van der Waals surface area contributed by atoms with Gasteiger partial charge in [0.15, 0.2) is 0 Å². The Hall–Kier alpha value is -0.670. The van der Waals surface area contributed by atoms with Gasteiger partial charge in [-0.15, -0.1) is 0 Å². The zero-order valence-electron chi connectivity index (χ0n) is 7.29. The molecule has 0 amide bonds. The molecule has 7 nitrogen and oxygen atoms in total. The first-order valence-corrected chi connectivity index (χ1v) is 5.04. The first-order chi connectivity index (χ1) is 6.37. The summed E-state index contributed by atoms with van der Waals surface area (Å²) < 4.78 is 30.2. The van der Waals surface area contributed by atoms with E-state index in [1.165, 1.54) is 0 Å². The molecular weight excluding hydrogens is 214 g/mol. The molecule has 0 aliphatic heterocycles. The molecule has 0 saturated carbocycles. The van der Waals surface area contributed by atoms with Gasteiger partial charge in [-0.2, -0.15) is 8.42 Å². The van der Waals surface area contributed by atoms with E-state index in [-0.39, 0.29) is 0 Å². The highest BCUT2D eigenvalue weighted by molar-refractivity contribution is 7.89. The molecule has 14 heavy (non-hydrogen) atoms. The van der Waals surface area contributed by atoms with Crippen LogP contribution in [0.4, 0.5) is 0 Å². The lowest BCUT2D eigenvalue weighted by Crippen LogP contribution is -2.39. The lowest BCUT2D eigenvalue weighted by atomic mass is 9.91. The molecule has 0 spiro atoms. The molecular formula is C6H13NO6S. The second-order valence-corrected chi connectivity index (χ2v) is 4.15. The van der Waals surface area contributed by atoms with E-state index in [1.807, 2.05) is 0 Å². The molecule has 0 aromatic rings. The number of aliphatic hydroxyl groups excluding tert-OH is 3. The highest BCUT2D eigenvalue weighted by atomic mass is 32.2. The van der Waals surface area contributed by atoms with E-state index in [4.69, 9.17) is 25.6 Å². The average molecular weight is 227 g/mol. The van der Waals surface area contributed by atoms with Gasteiger partial charge in [-0.25, -0.2) is 0 Å². The van der Waals surface area contributed by atoms with Gasteiger partial charge in [-0.3, -0.25) is 4.55 Å². The van der Waals surface area contributed by atoms with Gasteiger partial charge in [-0.1, -0.05) is 0 Å². The van der Waals surface area contributed by atoms with Gasteiger partial charge in [0.25, 0.3) is 10.1 Å². The van der Waals surface area contributed by atoms with Crippen LogP contribution in [0, 0.1) is 5.41 Å². The molecule has 0 saturated heterocycles. The van der Waals surface area contributed by atoms with Gasteiger partial charge >= 0.3 is 0 Å². The van der Waals surface area contributed by atoms with Gasteiger partial charge < -0.3 is 21.1 Å². The van der Waals surface area contributed by atoms with Crippen molar-refractivity contribution in [3.8, 4) is 0 Å². The Morgan fingerprint density at radius 2 is 1.57 bits per heavy atom. The Balaban J connectivity index is 5.40. The summed E-state index contributed by atoms with van der Waals surface area (Å²) in [6, 6.07) is 0. The standard InChI is InChI=1S/C6H13NO6S/c7-1-5(14(11,12)13)6(2-8,3-9)4-10/h1,8-10H,2-4,7H2,(H,11,12,13). The van der Waals surface area contributed by atoms with Crippen molar-refractivity contribution in [2.75, 3.05) is 19.8 Å². The molecule has 6 N–H and O–H groups in total. The third-order valence-corrected chi connectivity index (χ3v) is 2.98. The number of aliphatic hydroxyl groups is 3. The summed E-state index contributed by atoms with van der Waals surface area (Å²) in [6.45, 7) is -2.57. The maximum Gasteiger partial charge on any atom is 0.292 e. The van der Waals surface area contributed by atoms with Gasteiger partial charge in [0.1, 0.15) is 0 Å². The molecule has 0 fully saturated rings. The van der Waals surface area contributed by atoms with Crippen LogP contribution in [-0.2, 0) is 10.1 Å². The second kappa shape index (κ2) is 4.71. The summed E-state index contributed by atoms with van der Waals surface area (Å²) in [5.41, 5.74) is 3.08. The maximum atomic E-state index is 10.8. The molecule has 0 radical (unpaired) electrons. The summed E-state index contributed by atoms with van der Waals surface area (Å²) in [5.74, 6) is 0. The largest absolute Gasteiger partial charge is 0.404 e. The zero-order chi connectivity index (χ0) is 11.4. The predicted octanol–water partition coefficient (Wildman–Crippen LogP) is -2.36. The first-order valence-electron chi connectivity index (χ1n) is 3.60. The van der Waals surface area contributed by atoms with E-state index in [1.54, 1.807) is 0 Å². The highest BCUT2D eigenvalue weighted by Crippen LogP contribution is 2.28. The van der Waals surface area contributed by atoms with Crippen LogP contribution in [0.15, 0.2) is 11.1 Å². The Morgan fingerprint density at radius 1 is 1.21 bits per heavy atom. The minimum Gasteiger partial charge on any atom is -0.404 e. The van der Waals surface area contributed by atoms with Crippen molar-refractivity contribution in [1.29, 1.82) is 0 Å². The van der Waals surface area contributed by atoms with Crippen LogP contribution in [0.5, 0.6) is 0 Å². The van der Waals surface area contributed by atoms with Crippen molar-refractivity contribution in [2.24, 2.45) is 11.1 Å². The topological polar surface area (TPSA) is 141 Å². The zero-order valence-corrected chi connectivity index (χ0v) is 8.11. The maximum absolute atomic E-state index is 10.8. The minimum absolute atomic E-state index is 0.526. The Labute approximate surface area is 81.2 Å². The second-order valence-electron chi connectivity index (χ2n) is 2.76. The van der Waals surface area contributed by atoms with E-state index in [2.05, 4.69) is 0 Å². The van der Waals surface area contributed by atoms with Crippen molar-refractivity contribution in [1.82, 2.24) is 0 Å². The molecule has 0 atom stereocenters. The number of hydrogen-bond acceptors (Lipinski definition) is 6. The predicted molar refractivity (Wildman–Crippen MR) is 47.5 cm³/mol. The Morgan fingerprint density at radius 3 is 1.64 bits per heavy atom. The van der Waals surface area contributed by atoms with E-state index in [0.29, 0.717) is 6.20 Å². The smallest absolute Gasteiger partial charge is 0.292 e. The van der Waals surface area contributed by atoms with E-state index in [0.717, 1.165) is 0 Å². The Bertz CT molecular complexity index is 296. The van der Waals surface area contributed by atoms with Crippen LogP contribution in [0.25, 0.3) is 0 Å². The third kappa shape index (κ3) is 2.42. The van der Waals surface area contributed by atoms with Crippen LogP contribution in [0.2, 0.25) is 0 Å². The summed E-state index contributed by atoms with van der Waals surface area (Å²) in [7, 11) is -4.65. The molecule has 0 aromatic carbocycles. The summed E-state index contributed by atoms with van der Waals surface area (Å²) >= 11 is 0.